The topological polar surface area (TPSA) is 44.5 Å². The van der Waals surface area contributed by atoms with Crippen molar-refractivity contribution in [3.8, 4) is 11.5 Å². The molecule has 0 bridgehead atoms. The fourth-order valence-corrected chi connectivity index (χ4v) is 3.09. The van der Waals surface area contributed by atoms with Gasteiger partial charge in [-0.2, -0.15) is 0 Å². The smallest absolute Gasteiger partial charge is 0.248 e. The summed E-state index contributed by atoms with van der Waals surface area (Å²) in [6.45, 7) is 0.721. The van der Waals surface area contributed by atoms with E-state index in [0.29, 0.717) is 37.5 Å². The van der Waals surface area contributed by atoms with Crippen LogP contribution in [0.3, 0.4) is 0 Å². The molecule has 3 nitrogen and oxygen atoms in total. The van der Waals surface area contributed by atoms with Gasteiger partial charge in [-0.25, -0.2) is 8.78 Å². The molecule has 0 aromatic heterocycles. The molecule has 3 rings (SSSR count). The van der Waals surface area contributed by atoms with Gasteiger partial charge in [0, 0.05) is 24.8 Å². The van der Waals surface area contributed by atoms with Crippen molar-refractivity contribution < 1.29 is 18.3 Å². The maximum absolute atomic E-state index is 13.4. The first-order valence-electron chi connectivity index (χ1n) is 7.01. The summed E-state index contributed by atoms with van der Waals surface area (Å²) < 4.78 is 38.4. The van der Waals surface area contributed by atoms with Crippen molar-refractivity contribution in [3.05, 3.63) is 24.3 Å². The van der Waals surface area contributed by atoms with E-state index in [2.05, 4.69) is 0 Å². The monoisotopic (exact) mass is 283 g/mol. The number of fused-ring (bicyclic) bond motifs is 1. The second-order valence-corrected chi connectivity index (χ2v) is 5.79. The molecule has 2 aliphatic rings. The molecule has 1 aliphatic heterocycles. The number of hydrogen-bond donors (Lipinski definition) is 1. The average Bonchev–Trinajstić information content (AvgIpc) is 2.47. The van der Waals surface area contributed by atoms with Gasteiger partial charge in [0.25, 0.3) is 0 Å². The van der Waals surface area contributed by atoms with Crippen LogP contribution >= 0.6 is 0 Å². The number of benzene rings is 1. The van der Waals surface area contributed by atoms with E-state index in [1.165, 1.54) is 0 Å². The lowest BCUT2D eigenvalue weighted by molar-refractivity contribution is -0.103. The molecule has 1 saturated carbocycles. The van der Waals surface area contributed by atoms with Crippen molar-refractivity contribution in [2.75, 3.05) is 13.2 Å². The lowest BCUT2D eigenvalue weighted by Crippen LogP contribution is -2.52. The van der Waals surface area contributed by atoms with E-state index in [1.54, 1.807) is 0 Å². The van der Waals surface area contributed by atoms with Crippen LogP contribution in [0.5, 0.6) is 11.5 Å². The van der Waals surface area contributed by atoms with E-state index < -0.39 is 11.3 Å². The zero-order chi connectivity index (χ0) is 14.2. The van der Waals surface area contributed by atoms with Crippen LogP contribution in [-0.2, 0) is 0 Å². The Morgan fingerprint density at radius 1 is 1.10 bits per heavy atom. The number of para-hydroxylation sites is 2. The van der Waals surface area contributed by atoms with Crippen LogP contribution in [0, 0.1) is 5.41 Å². The molecule has 0 saturated heterocycles. The summed E-state index contributed by atoms with van der Waals surface area (Å²) in [7, 11) is 0. The summed E-state index contributed by atoms with van der Waals surface area (Å²) in [4.78, 5) is 0. The lowest BCUT2D eigenvalue weighted by Gasteiger charge is -2.45. The second-order valence-electron chi connectivity index (χ2n) is 5.79. The molecule has 110 valence electrons. The highest BCUT2D eigenvalue weighted by Crippen LogP contribution is 2.47. The Morgan fingerprint density at radius 2 is 1.75 bits per heavy atom. The molecule has 1 aromatic carbocycles. The van der Waals surface area contributed by atoms with E-state index in [1.807, 2.05) is 24.3 Å². The third-order valence-electron chi connectivity index (χ3n) is 4.58. The van der Waals surface area contributed by atoms with Crippen LogP contribution in [0.2, 0.25) is 0 Å². The Kier molecular flexibility index (Phi) is 3.32. The van der Waals surface area contributed by atoms with E-state index in [9.17, 15) is 8.78 Å². The van der Waals surface area contributed by atoms with Gasteiger partial charge in [-0.1, -0.05) is 12.1 Å². The van der Waals surface area contributed by atoms with Crippen LogP contribution in [0.1, 0.15) is 25.7 Å². The number of halogens is 2. The maximum Gasteiger partial charge on any atom is 0.248 e. The third kappa shape index (κ3) is 2.35. The largest absolute Gasteiger partial charge is 0.486 e. The SMILES string of the molecule is NCC1(C2COc3ccccc3O2)CCC(F)(F)CC1. The molecule has 2 N–H and O–H groups in total. The minimum Gasteiger partial charge on any atom is -0.486 e. The van der Waals surface area contributed by atoms with Gasteiger partial charge in [-0.15, -0.1) is 0 Å². The van der Waals surface area contributed by atoms with Gasteiger partial charge in [-0.3, -0.25) is 0 Å². The van der Waals surface area contributed by atoms with Gasteiger partial charge in [0.15, 0.2) is 11.5 Å². The average molecular weight is 283 g/mol. The van der Waals surface area contributed by atoms with Crippen LogP contribution in [0.25, 0.3) is 0 Å². The summed E-state index contributed by atoms with van der Waals surface area (Å²) in [5, 5.41) is 0. The summed E-state index contributed by atoms with van der Waals surface area (Å²) >= 11 is 0. The van der Waals surface area contributed by atoms with Crippen molar-refractivity contribution in [1.82, 2.24) is 0 Å². The first-order valence-corrected chi connectivity index (χ1v) is 7.01. The minimum absolute atomic E-state index is 0.119. The van der Waals surface area contributed by atoms with E-state index in [0.717, 1.165) is 0 Å². The van der Waals surface area contributed by atoms with E-state index in [-0.39, 0.29) is 18.9 Å². The molecule has 0 amide bonds. The number of alkyl halides is 2. The molecule has 0 spiro atoms. The standard InChI is InChI=1S/C15H19F2NO2/c16-15(17)7-5-14(10-18,6-8-15)13-9-19-11-3-1-2-4-12(11)20-13/h1-4,13H,5-10,18H2. The van der Waals surface area contributed by atoms with Gasteiger partial charge >= 0.3 is 0 Å². The molecule has 1 atom stereocenters. The molecule has 0 radical (unpaired) electrons. The van der Waals surface area contributed by atoms with Crippen LogP contribution < -0.4 is 15.2 Å². The van der Waals surface area contributed by atoms with E-state index in [4.69, 9.17) is 15.2 Å². The Balaban J connectivity index is 1.79. The van der Waals surface area contributed by atoms with Gasteiger partial charge < -0.3 is 15.2 Å². The Bertz CT molecular complexity index is 483. The Morgan fingerprint density at radius 3 is 2.40 bits per heavy atom. The Hall–Kier alpha value is -1.36. The maximum atomic E-state index is 13.4. The van der Waals surface area contributed by atoms with Gasteiger partial charge in [0.1, 0.15) is 12.7 Å². The third-order valence-corrected chi connectivity index (χ3v) is 4.58. The minimum atomic E-state index is -2.56. The number of nitrogens with two attached hydrogens (primary N) is 1. The summed E-state index contributed by atoms with van der Waals surface area (Å²) in [5.41, 5.74) is 5.49. The molecule has 1 aromatic rings. The van der Waals surface area contributed by atoms with Crippen molar-refractivity contribution in [1.29, 1.82) is 0 Å². The molecule has 1 unspecified atom stereocenters. The number of hydrogen-bond acceptors (Lipinski definition) is 3. The quantitative estimate of drug-likeness (QED) is 0.907. The number of ether oxygens (including phenoxy) is 2. The zero-order valence-corrected chi connectivity index (χ0v) is 11.3. The van der Waals surface area contributed by atoms with Crippen molar-refractivity contribution >= 4 is 0 Å². The molecule has 1 fully saturated rings. The molecule has 20 heavy (non-hydrogen) atoms. The van der Waals surface area contributed by atoms with E-state index >= 15 is 0 Å². The fourth-order valence-electron chi connectivity index (χ4n) is 3.09. The number of rotatable bonds is 2. The van der Waals surface area contributed by atoms with Gasteiger partial charge in [0.2, 0.25) is 5.92 Å². The molecular formula is C15H19F2NO2. The molecular weight excluding hydrogens is 264 g/mol. The highest BCUT2D eigenvalue weighted by molar-refractivity contribution is 5.41. The Labute approximate surface area is 117 Å². The zero-order valence-electron chi connectivity index (χ0n) is 11.3. The van der Waals surface area contributed by atoms with Gasteiger partial charge in [0.05, 0.1) is 0 Å². The normalized spacial score (nSPS) is 27.1. The predicted octanol–water partition coefficient (Wildman–Crippen LogP) is 2.98. The van der Waals surface area contributed by atoms with Crippen LogP contribution in [0.4, 0.5) is 8.78 Å². The molecule has 1 heterocycles. The van der Waals surface area contributed by atoms with Crippen LogP contribution in [0.15, 0.2) is 24.3 Å². The first-order chi connectivity index (χ1) is 9.55. The summed E-state index contributed by atoms with van der Waals surface area (Å²) in [6, 6.07) is 7.43. The van der Waals surface area contributed by atoms with Crippen LogP contribution in [-0.4, -0.2) is 25.2 Å². The highest BCUT2D eigenvalue weighted by atomic mass is 19.3. The summed E-state index contributed by atoms with van der Waals surface area (Å²) in [5.74, 6) is -1.18. The van der Waals surface area contributed by atoms with Crippen molar-refractivity contribution in [2.24, 2.45) is 11.1 Å². The second kappa shape index (κ2) is 4.88. The molecule has 1 aliphatic carbocycles. The van der Waals surface area contributed by atoms with Crippen molar-refractivity contribution in [3.63, 3.8) is 0 Å². The van der Waals surface area contributed by atoms with Gasteiger partial charge in [-0.05, 0) is 25.0 Å². The summed E-state index contributed by atoms with van der Waals surface area (Å²) in [6.07, 6.45) is 0.273. The molecule has 5 heteroatoms. The predicted molar refractivity (Wildman–Crippen MR) is 71.3 cm³/mol. The first kappa shape index (κ1) is 13.6. The van der Waals surface area contributed by atoms with Crippen molar-refractivity contribution in [2.45, 2.75) is 37.7 Å². The fraction of sp³-hybridized carbons (Fsp3) is 0.600. The lowest BCUT2D eigenvalue weighted by atomic mass is 9.69. The highest BCUT2D eigenvalue weighted by Gasteiger charge is 2.49.